The van der Waals surface area contributed by atoms with Gasteiger partial charge in [-0.15, -0.1) is 0 Å². The first-order chi connectivity index (χ1) is 9.52. The zero-order valence-electron chi connectivity index (χ0n) is 11.3. The van der Waals surface area contributed by atoms with Crippen molar-refractivity contribution in [1.29, 1.82) is 0 Å². The molecule has 0 atom stereocenters. The number of hydrogen-bond donors (Lipinski definition) is 2. The Kier molecular flexibility index (Phi) is 4.70. The van der Waals surface area contributed by atoms with Crippen LogP contribution in [-0.4, -0.2) is 23.2 Å². The average molecular weight is 283 g/mol. The Labute approximate surface area is 117 Å². The molecule has 20 heavy (non-hydrogen) atoms. The van der Waals surface area contributed by atoms with Crippen molar-refractivity contribution in [3.8, 4) is 0 Å². The number of hydrogen-bond acceptors (Lipinski definition) is 2. The van der Waals surface area contributed by atoms with Crippen molar-refractivity contribution in [3.05, 3.63) is 35.4 Å². The van der Waals surface area contributed by atoms with Gasteiger partial charge < -0.3 is 10.4 Å². The number of amides is 1. The molecule has 110 valence electrons. The highest BCUT2D eigenvalue weighted by atomic mass is 19.1. The highest BCUT2D eigenvalue weighted by molar-refractivity contribution is 5.94. The van der Waals surface area contributed by atoms with Crippen LogP contribution in [0.25, 0.3) is 0 Å². The summed E-state index contributed by atoms with van der Waals surface area (Å²) in [5, 5.41) is 12.8. The Morgan fingerprint density at radius 2 is 1.70 bits per heavy atom. The van der Waals surface area contributed by atoms with Crippen LogP contribution < -0.4 is 5.32 Å². The maximum absolute atomic E-state index is 13.5. The minimum atomic E-state index is -0.964. The van der Waals surface area contributed by atoms with Gasteiger partial charge in [-0.1, -0.05) is 31.7 Å². The van der Waals surface area contributed by atoms with Crippen LogP contribution in [0.3, 0.4) is 0 Å². The molecule has 0 bridgehead atoms. The lowest BCUT2D eigenvalue weighted by molar-refractivity contribution is 0.0245. The van der Waals surface area contributed by atoms with E-state index in [0.717, 1.165) is 37.8 Å². The molecule has 0 saturated heterocycles. The fraction of sp³-hybridized carbons (Fsp3) is 0.533. The highest BCUT2D eigenvalue weighted by Gasteiger charge is 2.29. The molecule has 1 aromatic carbocycles. The normalized spacial score (nSPS) is 18.4. The highest BCUT2D eigenvalue weighted by Crippen LogP contribution is 2.26. The molecular weight excluding hydrogens is 264 g/mol. The molecule has 1 fully saturated rings. The molecule has 2 rings (SSSR count). The van der Waals surface area contributed by atoms with Gasteiger partial charge in [-0.05, 0) is 25.0 Å². The molecule has 1 saturated carbocycles. The second-order valence-electron chi connectivity index (χ2n) is 5.42. The molecule has 0 aromatic heterocycles. The van der Waals surface area contributed by atoms with Gasteiger partial charge in [0.25, 0.3) is 5.91 Å². The Bertz CT molecular complexity index is 463. The molecule has 1 aromatic rings. The van der Waals surface area contributed by atoms with E-state index in [1.165, 1.54) is 6.07 Å². The molecule has 0 aliphatic heterocycles. The van der Waals surface area contributed by atoms with E-state index in [1.807, 2.05) is 0 Å². The number of aliphatic hydroxyl groups is 1. The number of carbonyl (C=O) groups is 1. The zero-order valence-corrected chi connectivity index (χ0v) is 11.3. The van der Waals surface area contributed by atoms with Gasteiger partial charge in [-0.3, -0.25) is 4.79 Å². The maximum Gasteiger partial charge on any atom is 0.257 e. The van der Waals surface area contributed by atoms with Gasteiger partial charge in [-0.2, -0.15) is 0 Å². The van der Waals surface area contributed by atoms with Crippen molar-refractivity contribution < 1.29 is 18.7 Å². The fourth-order valence-corrected chi connectivity index (χ4v) is 2.61. The van der Waals surface area contributed by atoms with E-state index in [2.05, 4.69) is 5.32 Å². The van der Waals surface area contributed by atoms with E-state index in [9.17, 15) is 18.7 Å². The number of benzene rings is 1. The van der Waals surface area contributed by atoms with Gasteiger partial charge in [0, 0.05) is 6.54 Å². The molecular formula is C15H19F2NO2. The van der Waals surface area contributed by atoms with Gasteiger partial charge in [0.1, 0.15) is 17.2 Å². The van der Waals surface area contributed by atoms with Crippen molar-refractivity contribution in [2.24, 2.45) is 0 Å². The van der Waals surface area contributed by atoms with Crippen molar-refractivity contribution in [3.63, 3.8) is 0 Å². The third-order valence-corrected chi connectivity index (χ3v) is 3.80. The summed E-state index contributed by atoms with van der Waals surface area (Å²) in [6, 6.07) is 3.29. The van der Waals surface area contributed by atoms with E-state index in [0.29, 0.717) is 12.8 Å². The van der Waals surface area contributed by atoms with Crippen LogP contribution in [0.5, 0.6) is 0 Å². The lowest BCUT2D eigenvalue weighted by Crippen LogP contribution is -2.43. The quantitative estimate of drug-likeness (QED) is 0.838. The predicted molar refractivity (Wildman–Crippen MR) is 71.3 cm³/mol. The van der Waals surface area contributed by atoms with E-state index in [4.69, 9.17) is 0 Å². The van der Waals surface area contributed by atoms with Crippen LogP contribution in [-0.2, 0) is 0 Å². The Morgan fingerprint density at radius 3 is 2.25 bits per heavy atom. The van der Waals surface area contributed by atoms with Crippen LogP contribution in [0.4, 0.5) is 8.78 Å². The molecule has 1 aliphatic rings. The molecule has 1 aliphatic carbocycles. The minimum absolute atomic E-state index is 0.0274. The van der Waals surface area contributed by atoms with Crippen LogP contribution >= 0.6 is 0 Å². The summed E-state index contributed by atoms with van der Waals surface area (Å²) in [4.78, 5) is 11.9. The van der Waals surface area contributed by atoms with Gasteiger partial charge in [0.2, 0.25) is 0 Å². The van der Waals surface area contributed by atoms with Gasteiger partial charge in [0.05, 0.1) is 5.60 Å². The van der Waals surface area contributed by atoms with Crippen molar-refractivity contribution in [1.82, 2.24) is 5.32 Å². The first-order valence-corrected chi connectivity index (χ1v) is 6.96. The minimum Gasteiger partial charge on any atom is -0.388 e. The van der Waals surface area contributed by atoms with Crippen LogP contribution in [0, 0.1) is 11.6 Å². The summed E-state index contributed by atoms with van der Waals surface area (Å²) in [6.45, 7) is 0.0274. The van der Waals surface area contributed by atoms with E-state index >= 15 is 0 Å². The Balaban J connectivity index is 2.01. The van der Waals surface area contributed by atoms with Gasteiger partial charge in [0.15, 0.2) is 0 Å². The lowest BCUT2D eigenvalue weighted by atomic mass is 9.94. The molecule has 0 radical (unpaired) electrons. The standard InChI is InChI=1S/C15H19F2NO2/c16-11-6-5-7-12(17)13(11)14(19)18-10-15(20)8-3-1-2-4-9-15/h5-7,20H,1-4,8-10H2,(H,18,19). The summed E-state index contributed by atoms with van der Waals surface area (Å²) < 4.78 is 26.9. The molecule has 0 heterocycles. The first kappa shape index (κ1) is 14.9. The summed E-state index contributed by atoms with van der Waals surface area (Å²) in [7, 11) is 0. The van der Waals surface area contributed by atoms with Gasteiger partial charge >= 0.3 is 0 Å². The van der Waals surface area contributed by atoms with Crippen molar-refractivity contribution >= 4 is 5.91 Å². The van der Waals surface area contributed by atoms with E-state index < -0.39 is 28.7 Å². The third-order valence-electron chi connectivity index (χ3n) is 3.80. The maximum atomic E-state index is 13.5. The van der Waals surface area contributed by atoms with Crippen molar-refractivity contribution in [2.45, 2.75) is 44.1 Å². The second kappa shape index (κ2) is 6.31. The molecule has 0 unspecified atom stereocenters. The van der Waals surface area contributed by atoms with Crippen molar-refractivity contribution in [2.75, 3.05) is 6.54 Å². The SMILES string of the molecule is O=C(NCC1(O)CCCCCC1)c1c(F)cccc1F. The number of carbonyl (C=O) groups excluding carboxylic acids is 1. The Morgan fingerprint density at radius 1 is 1.15 bits per heavy atom. The molecule has 5 heteroatoms. The lowest BCUT2D eigenvalue weighted by Gasteiger charge is -2.26. The largest absolute Gasteiger partial charge is 0.388 e. The number of rotatable bonds is 3. The molecule has 2 N–H and O–H groups in total. The summed E-state index contributed by atoms with van der Waals surface area (Å²) in [5.74, 6) is -2.61. The van der Waals surface area contributed by atoms with E-state index in [1.54, 1.807) is 0 Å². The third kappa shape index (κ3) is 3.54. The topological polar surface area (TPSA) is 49.3 Å². The predicted octanol–water partition coefficient (Wildman–Crippen LogP) is 2.78. The summed E-state index contributed by atoms with van der Waals surface area (Å²) >= 11 is 0. The molecule has 3 nitrogen and oxygen atoms in total. The number of nitrogens with one attached hydrogen (secondary N) is 1. The summed E-state index contributed by atoms with van der Waals surface area (Å²) in [6.07, 6.45) is 5.15. The molecule has 1 amide bonds. The first-order valence-electron chi connectivity index (χ1n) is 6.96. The van der Waals surface area contributed by atoms with Crippen LogP contribution in [0.15, 0.2) is 18.2 Å². The van der Waals surface area contributed by atoms with Gasteiger partial charge in [-0.25, -0.2) is 8.78 Å². The van der Waals surface area contributed by atoms with E-state index in [-0.39, 0.29) is 6.54 Å². The smallest absolute Gasteiger partial charge is 0.257 e. The zero-order chi connectivity index (χ0) is 14.6. The Hall–Kier alpha value is -1.49. The molecule has 0 spiro atoms. The monoisotopic (exact) mass is 283 g/mol. The second-order valence-corrected chi connectivity index (χ2v) is 5.42. The summed E-state index contributed by atoms with van der Waals surface area (Å²) in [5.41, 5.74) is -1.56. The van der Waals surface area contributed by atoms with Crippen LogP contribution in [0.1, 0.15) is 48.9 Å². The average Bonchev–Trinajstić information content (AvgIpc) is 2.62. The van der Waals surface area contributed by atoms with Crippen LogP contribution in [0.2, 0.25) is 0 Å². The fourth-order valence-electron chi connectivity index (χ4n) is 2.61. The number of halogens is 2.